The van der Waals surface area contributed by atoms with Crippen molar-refractivity contribution in [3.8, 4) is 17.0 Å². The van der Waals surface area contributed by atoms with Crippen LogP contribution >= 0.6 is 11.6 Å². The zero-order chi connectivity index (χ0) is 30.6. The molecule has 0 amide bonds. The van der Waals surface area contributed by atoms with Crippen LogP contribution in [0.25, 0.3) is 22.4 Å². The smallest absolute Gasteiger partial charge is 0.166 e. The van der Waals surface area contributed by atoms with E-state index >= 15 is 4.39 Å². The van der Waals surface area contributed by atoms with Crippen molar-refractivity contribution in [2.45, 2.75) is 50.0 Å². The van der Waals surface area contributed by atoms with Crippen molar-refractivity contribution in [3.63, 3.8) is 0 Å². The molecule has 0 unspecified atom stereocenters. The van der Waals surface area contributed by atoms with Crippen LogP contribution in [0.4, 0.5) is 20.3 Å². The summed E-state index contributed by atoms with van der Waals surface area (Å²) in [5.41, 5.74) is 9.64. The number of rotatable bonds is 6. The lowest BCUT2D eigenvalue weighted by Crippen LogP contribution is -2.47. The number of methoxy groups -OCH3 is 1. The Morgan fingerprint density at radius 3 is 2.59 bits per heavy atom. The maximum Gasteiger partial charge on any atom is 0.166 e. The molecule has 2 fully saturated rings. The third kappa shape index (κ3) is 4.52. The fourth-order valence-corrected chi connectivity index (χ4v) is 6.98. The number of aromatic nitrogens is 6. The van der Waals surface area contributed by atoms with Crippen LogP contribution in [0.3, 0.4) is 0 Å². The number of halogens is 3. The van der Waals surface area contributed by atoms with Gasteiger partial charge in [0.15, 0.2) is 23.0 Å². The van der Waals surface area contributed by atoms with Gasteiger partial charge in [-0.15, -0.1) is 0 Å². The second-order valence-electron chi connectivity index (χ2n) is 11.9. The second-order valence-corrected chi connectivity index (χ2v) is 12.3. The molecule has 5 aromatic rings. The Labute approximate surface area is 258 Å². The predicted molar refractivity (Wildman–Crippen MR) is 165 cm³/mol. The molecule has 1 aromatic carbocycles. The first-order valence-electron chi connectivity index (χ1n) is 14.6. The maximum absolute atomic E-state index is 15.4. The number of piperidine rings is 1. The number of hydrogen-bond donors (Lipinski definition) is 1. The van der Waals surface area contributed by atoms with E-state index in [1.54, 1.807) is 18.6 Å². The Balaban J connectivity index is 1.40. The zero-order valence-corrected chi connectivity index (χ0v) is 25.2. The summed E-state index contributed by atoms with van der Waals surface area (Å²) >= 11 is 6.30. The van der Waals surface area contributed by atoms with Gasteiger partial charge in [-0.05, 0) is 56.4 Å². The molecule has 1 aliphatic carbocycles. The molecular formula is C32H31ClF2N8O. The Hall–Kier alpha value is -4.38. The molecule has 7 rings (SSSR count). The number of anilines is 2. The zero-order valence-electron chi connectivity index (χ0n) is 24.4. The molecule has 226 valence electrons. The van der Waals surface area contributed by atoms with Gasteiger partial charge in [0.1, 0.15) is 22.8 Å². The minimum atomic E-state index is -0.664. The second kappa shape index (κ2) is 10.7. The highest BCUT2D eigenvalue weighted by Gasteiger charge is 2.45. The molecule has 44 heavy (non-hydrogen) atoms. The molecular weight excluding hydrogens is 586 g/mol. The minimum absolute atomic E-state index is 0.0549. The summed E-state index contributed by atoms with van der Waals surface area (Å²) in [5, 5.41) is 0.461. The van der Waals surface area contributed by atoms with Gasteiger partial charge in [-0.25, -0.2) is 28.7 Å². The maximum atomic E-state index is 15.4. The highest BCUT2D eigenvalue weighted by Crippen LogP contribution is 2.51. The first kappa shape index (κ1) is 28.4. The molecule has 0 bridgehead atoms. The van der Waals surface area contributed by atoms with Gasteiger partial charge in [0.05, 0.1) is 36.6 Å². The van der Waals surface area contributed by atoms with Crippen molar-refractivity contribution in [2.75, 3.05) is 30.8 Å². The van der Waals surface area contributed by atoms with Crippen LogP contribution in [-0.2, 0) is 11.0 Å². The molecule has 4 aromatic heterocycles. The SMILES string of the molecule is COc1cc(F)c(-c2cc(C3(n4cnc5c(N)ncnc54)CCC3)c(N3CCC[C@](C)(c4cccc(Cl)n4)C3)cn2)cc1F. The van der Waals surface area contributed by atoms with Gasteiger partial charge in [0.2, 0.25) is 0 Å². The van der Waals surface area contributed by atoms with E-state index in [0.29, 0.717) is 34.4 Å². The lowest BCUT2D eigenvalue weighted by Gasteiger charge is -2.48. The Morgan fingerprint density at radius 1 is 1.00 bits per heavy atom. The molecule has 5 heterocycles. The molecule has 1 atom stereocenters. The fraction of sp³-hybridized carbons (Fsp3) is 0.344. The summed E-state index contributed by atoms with van der Waals surface area (Å²) in [7, 11) is 1.31. The average molecular weight is 617 g/mol. The van der Waals surface area contributed by atoms with Crippen LogP contribution in [0.5, 0.6) is 5.75 Å². The Bertz CT molecular complexity index is 1890. The van der Waals surface area contributed by atoms with Crippen molar-refractivity contribution in [1.82, 2.24) is 29.5 Å². The van der Waals surface area contributed by atoms with Crippen molar-refractivity contribution >= 4 is 34.3 Å². The van der Waals surface area contributed by atoms with E-state index in [9.17, 15) is 4.39 Å². The molecule has 9 nitrogen and oxygen atoms in total. The van der Waals surface area contributed by atoms with Gasteiger partial charge in [0.25, 0.3) is 0 Å². The quantitative estimate of drug-likeness (QED) is 0.222. The number of hydrogen-bond acceptors (Lipinski definition) is 8. The number of nitrogens with zero attached hydrogens (tertiary/aromatic N) is 7. The molecule has 12 heteroatoms. The Morgan fingerprint density at radius 2 is 1.84 bits per heavy atom. The molecule has 1 saturated carbocycles. The molecule has 1 aliphatic heterocycles. The molecule has 0 radical (unpaired) electrons. The van der Waals surface area contributed by atoms with Crippen molar-refractivity contribution in [1.29, 1.82) is 0 Å². The number of fused-ring (bicyclic) bond motifs is 1. The van der Waals surface area contributed by atoms with E-state index in [1.807, 2.05) is 18.2 Å². The number of nitrogen functional groups attached to an aromatic ring is 1. The summed E-state index contributed by atoms with van der Waals surface area (Å²) in [6.07, 6.45) is 9.39. The van der Waals surface area contributed by atoms with E-state index in [-0.39, 0.29) is 16.7 Å². The Kier molecular flexibility index (Phi) is 6.88. The first-order valence-corrected chi connectivity index (χ1v) is 15.0. The number of imidazole rings is 1. The van der Waals surface area contributed by atoms with Crippen LogP contribution in [0, 0.1) is 11.6 Å². The monoisotopic (exact) mass is 616 g/mol. The summed E-state index contributed by atoms with van der Waals surface area (Å²) in [4.78, 5) is 24.9. The highest BCUT2D eigenvalue weighted by molar-refractivity contribution is 6.29. The van der Waals surface area contributed by atoms with Gasteiger partial charge in [-0.3, -0.25) is 4.98 Å². The normalized spacial score (nSPS) is 19.6. The van der Waals surface area contributed by atoms with Crippen LogP contribution in [0.1, 0.15) is 50.3 Å². The average Bonchev–Trinajstić information content (AvgIpc) is 3.43. The van der Waals surface area contributed by atoms with Gasteiger partial charge in [0, 0.05) is 41.4 Å². The van der Waals surface area contributed by atoms with Crippen LogP contribution < -0.4 is 15.4 Å². The topological polar surface area (TPSA) is 108 Å². The third-order valence-electron chi connectivity index (χ3n) is 9.28. The standard InChI is InChI=1S/C32H31ClF2N8O/c1-31(26-6-3-7-27(33)41-26)8-5-11-42(16-31)24-15-37-23(19-12-22(35)25(44-2)14-21(19)34)13-20(24)32(9-4-10-32)43-18-40-28-29(36)38-17-39-30(28)43/h3,6-7,12-15,17-18H,4-5,8-11,16H2,1-2H3,(H2,36,38,39)/t31-/m0/s1. The minimum Gasteiger partial charge on any atom is -0.494 e. The van der Waals surface area contributed by atoms with Crippen molar-refractivity contribution < 1.29 is 13.5 Å². The summed E-state index contributed by atoms with van der Waals surface area (Å²) in [5.74, 6) is -1.15. The summed E-state index contributed by atoms with van der Waals surface area (Å²) in [6.45, 7) is 3.68. The summed E-state index contributed by atoms with van der Waals surface area (Å²) in [6, 6.07) is 9.81. The van der Waals surface area contributed by atoms with E-state index < -0.39 is 17.2 Å². The lowest BCUT2D eigenvalue weighted by atomic mass is 9.70. The molecule has 2 aliphatic rings. The molecule has 0 spiro atoms. The number of ether oxygens (including phenoxy) is 1. The largest absolute Gasteiger partial charge is 0.494 e. The number of benzene rings is 1. The number of pyridine rings is 2. The number of nitrogens with two attached hydrogens (primary N) is 1. The van der Waals surface area contributed by atoms with E-state index in [1.165, 1.54) is 13.4 Å². The summed E-state index contributed by atoms with van der Waals surface area (Å²) < 4.78 is 37.2. The van der Waals surface area contributed by atoms with E-state index in [2.05, 4.69) is 36.3 Å². The van der Waals surface area contributed by atoms with Crippen LogP contribution in [0.2, 0.25) is 5.15 Å². The van der Waals surface area contributed by atoms with Gasteiger partial charge < -0.3 is 19.9 Å². The van der Waals surface area contributed by atoms with E-state index in [4.69, 9.17) is 27.1 Å². The van der Waals surface area contributed by atoms with Crippen molar-refractivity contribution in [3.05, 3.63) is 83.3 Å². The molecule has 2 N–H and O–H groups in total. The van der Waals surface area contributed by atoms with E-state index in [0.717, 1.165) is 67.7 Å². The first-order chi connectivity index (χ1) is 21.2. The highest BCUT2D eigenvalue weighted by atomic mass is 35.5. The van der Waals surface area contributed by atoms with Crippen LogP contribution in [-0.4, -0.2) is 49.7 Å². The predicted octanol–water partition coefficient (Wildman–Crippen LogP) is 6.29. The van der Waals surface area contributed by atoms with Gasteiger partial charge in [-0.2, -0.15) is 0 Å². The van der Waals surface area contributed by atoms with Gasteiger partial charge in [-0.1, -0.05) is 24.6 Å². The van der Waals surface area contributed by atoms with Gasteiger partial charge >= 0.3 is 0 Å². The van der Waals surface area contributed by atoms with Crippen LogP contribution in [0.15, 0.2) is 55.2 Å². The fourth-order valence-electron chi connectivity index (χ4n) is 6.82. The lowest BCUT2D eigenvalue weighted by molar-refractivity contribution is 0.201. The van der Waals surface area contributed by atoms with Crippen molar-refractivity contribution in [2.24, 2.45) is 0 Å². The molecule has 1 saturated heterocycles. The third-order valence-corrected chi connectivity index (χ3v) is 9.49.